The van der Waals surface area contributed by atoms with E-state index in [0.717, 1.165) is 6.42 Å². The average molecular weight is 507 g/mol. The van der Waals surface area contributed by atoms with Gasteiger partial charge >= 0.3 is 0 Å². The molecule has 2 fully saturated rings. The van der Waals surface area contributed by atoms with Crippen LogP contribution in [0.4, 0.5) is 0 Å². The van der Waals surface area contributed by atoms with Crippen LogP contribution >= 0.6 is 0 Å². The quantitative estimate of drug-likeness (QED) is 0.638. The van der Waals surface area contributed by atoms with Gasteiger partial charge in [-0.15, -0.1) is 0 Å². The fourth-order valence-corrected chi connectivity index (χ4v) is 5.57. The molecule has 4 rings (SSSR count). The molecule has 1 aliphatic carbocycles. The summed E-state index contributed by atoms with van der Waals surface area (Å²) in [6.07, 6.45) is 7.88. The molecular weight excluding hydrogens is 468 g/mol. The van der Waals surface area contributed by atoms with Crippen LogP contribution in [0.5, 0.6) is 0 Å². The lowest BCUT2D eigenvalue weighted by atomic mass is 9.80. The molecule has 0 unspecified atom stereocenters. The molecule has 0 aromatic carbocycles. The highest BCUT2D eigenvalue weighted by Crippen LogP contribution is 2.34. The number of ketones is 1. The van der Waals surface area contributed by atoms with Crippen molar-refractivity contribution < 1.29 is 19.2 Å². The van der Waals surface area contributed by atoms with E-state index in [0.29, 0.717) is 31.4 Å². The zero-order valence-electron chi connectivity index (χ0n) is 22.5. The predicted molar refractivity (Wildman–Crippen MR) is 140 cm³/mol. The number of hydrogen-bond donors (Lipinski definition) is 1. The molecule has 3 aliphatic rings. The molecule has 3 atom stereocenters. The number of hydrogen-bond acceptors (Lipinski definition) is 5. The van der Waals surface area contributed by atoms with Gasteiger partial charge in [0.25, 0.3) is 5.91 Å². The third-order valence-electron chi connectivity index (χ3n) is 7.57. The minimum Gasteiger partial charge on any atom is -0.341 e. The van der Waals surface area contributed by atoms with E-state index >= 15 is 0 Å². The van der Waals surface area contributed by atoms with Gasteiger partial charge in [0.05, 0.1) is 12.6 Å². The number of fused-ring (bicyclic) bond motifs is 1. The summed E-state index contributed by atoms with van der Waals surface area (Å²) in [7, 11) is 0. The molecule has 3 heterocycles. The number of amides is 3. The summed E-state index contributed by atoms with van der Waals surface area (Å²) >= 11 is 0. The number of pyridine rings is 1. The highest BCUT2D eigenvalue weighted by molar-refractivity contribution is 6.03. The van der Waals surface area contributed by atoms with E-state index < -0.39 is 12.1 Å². The Bertz CT molecular complexity index is 1130. The van der Waals surface area contributed by atoms with Crippen LogP contribution in [0.3, 0.4) is 0 Å². The van der Waals surface area contributed by atoms with Crippen molar-refractivity contribution in [2.24, 2.45) is 11.3 Å². The molecule has 0 spiro atoms. The Labute approximate surface area is 219 Å². The van der Waals surface area contributed by atoms with E-state index in [4.69, 9.17) is 0 Å². The van der Waals surface area contributed by atoms with E-state index in [-0.39, 0.29) is 53.1 Å². The summed E-state index contributed by atoms with van der Waals surface area (Å²) in [5.41, 5.74) is 2.31. The van der Waals surface area contributed by atoms with Crippen LogP contribution in [0, 0.1) is 11.3 Å². The zero-order valence-corrected chi connectivity index (χ0v) is 22.5. The van der Waals surface area contributed by atoms with E-state index in [1.807, 2.05) is 26.0 Å². The molecule has 0 bridgehead atoms. The molecule has 1 N–H and O–H groups in total. The first-order chi connectivity index (χ1) is 17.5. The SMILES string of the molecule is CC(C)C[C@H](NC(=O)C1=CC=C(C(C)(C)C)CC1)C(=O)N1CC[C@@H]2[C@H]1C(=O)CN2C(=O)c1ccccn1. The second kappa shape index (κ2) is 10.6. The maximum absolute atomic E-state index is 13.7. The van der Waals surface area contributed by atoms with Crippen molar-refractivity contribution in [3.05, 3.63) is 53.4 Å². The zero-order chi connectivity index (χ0) is 26.9. The van der Waals surface area contributed by atoms with Gasteiger partial charge in [0.15, 0.2) is 5.78 Å². The normalized spacial score (nSPS) is 22.5. The lowest BCUT2D eigenvalue weighted by molar-refractivity contribution is -0.140. The van der Waals surface area contributed by atoms with Gasteiger partial charge in [-0.1, -0.05) is 58.4 Å². The number of nitrogens with zero attached hydrogens (tertiary/aromatic N) is 3. The highest BCUT2D eigenvalue weighted by atomic mass is 16.2. The topological polar surface area (TPSA) is 99.7 Å². The summed E-state index contributed by atoms with van der Waals surface area (Å²) in [4.78, 5) is 60.2. The van der Waals surface area contributed by atoms with Gasteiger partial charge in [-0.2, -0.15) is 0 Å². The van der Waals surface area contributed by atoms with Gasteiger partial charge in [-0.25, -0.2) is 0 Å². The van der Waals surface area contributed by atoms with Crippen LogP contribution in [0.25, 0.3) is 0 Å². The Morgan fingerprint density at radius 2 is 1.86 bits per heavy atom. The number of likely N-dealkylation sites (tertiary alicyclic amines) is 2. The van der Waals surface area contributed by atoms with Gasteiger partial charge in [-0.3, -0.25) is 24.2 Å². The molecule has 2 saturated heterocycles. The van der Waals surface area contributed by atoms with Gasteiger partial charge in [0.2, 0.25) is 11.8 Å². The fourth-order valence-electron chi connectivity index (χ4n) is 5.57. The minimum atomic E-state index is -0.728. The lowest BCUT2D eigenvalue weighted by Gasteiger charge is -2.30. The third kappa shape index (κ3) is 5.68. The molecule has 0 radical (unpaired) electrons. The number of rotatable bonds is 6. The summed E-state index contributed by atoms with van der Waals surface area (Å²) in [6, 6.07) is 3.32. The predicted octanol–water partition coefficient (Wildman–Crippen LogP) is 3.30. The molecule has 198 valence electrons. The standard InChI is InChI=1S/C29H38N4O4/c1-18(2)16-22(31-26(35)19-9-11-20(12-10-19)29(3,4)5)28(37)32-15-13-23-25(32)24(34)17-33(23)27(36)21-8-6-7-14-30-21/h6-9,11,14,18,22-23,25H,10,12-13,15-17H2,1-5H3,(H,31,35)/t22-,23+,25-/m0/s1. The molecule has 1 aromatic heterocycles. The van der Waals surface area contributed by atoms with Gasteiger partial charge in [0.1, 0.15) is 17.8 Å². The average Bonchev–Trinajstić information content (AvgIpc) is 3.44. The van der Waals surface area contributed by atoms with Crippen LogP contribution in [0.15, 0.2) is 47.7 Å². The molecule has 37 heavy (non-hydrogen) atoms. The first-order valence-corrected chi connectivity index (χ1v) is 13.2. The van der Waals surface area contributed by atoms with Crippen molar-refractivity contribution in [3.8, 4) is 0 Å². The van der Waals surface area contributed by atoms with Crippen molar-refractivity contribution >= 4 is 23.5 Å². The van der Waals surface area contributed by atoms with Crippen molar-refractivity contribution in [1.29, 1.82) is 0 Å². The van der Waals surface area contributed by atoms with Crippen LogP contribution in [0.2, 0.25) is 0 Å². The minimum absolute atomic E-state index is 0.0366. The Hall–Kier alpha value is -3.29. The van der Waals surface area contributed by atoms with Crippen LogP contribution < -0.4 is 5.32 Å². The number of aromatic nitrogens is 1. The third-order valence-corrected chi connectivity index (χ3v) is 7.57. The monoisotopic (exact) mass is 506 g/mol. The molecule has 3 amide bonds. The maximum Gasteiger partial charge on any atom is 0.273 e. The van der Waals surface area contributed by atoms with E-state index in [1.165, 1.54) is 5.57 Å². The van der Waals surface area contributed by atoms with E-state index in [2.05, 4.69) is 31.1 Å². The molecule has 2 aliphatic heterocycles. The molecule has 0 saturated carbocycles. The van der Waals surface area contributed by atoms with Gasteiger partial charge in [0, 0.05) is 18.3 Å². The lowest BCUT2D eigenvalue weighted by Crippen LogP contribution is -2.53. The fraction of sp³-hybridized carbons (Fsp3) is 0.552. The largest absolute Gasteiger partial charge is 0.341 e. The van der Waals surface area contributed by atoms with Crippen LogP contribution in [0.1, 0.15) is 70.8 Å². The molecule has 1 aromatic rings. The van der Waals surface area contributed by atoms with Crippen molar-refractivity contribution in [1.82, 2.24) is 20.1 Å². The van der Waals surface area contributed by atoms with Crippen LogP contribution in [-0.2, 0) is 14.4 Å². The molecular formula is C29H38N4O4. The Balaban J connectivity index is 1.48. The number of Topliss-reactive ketones (excluding diaryl/α,β-unsaturated/α-hetero) is 1. The smallest absolute Gasteiger partial charge is 0.273 e. The molecule has 8 nitrogen and oxygen atoms in total. The first-order valence-electron chi connectivity index (χ1n) is 13.2. The maximum atomic E-state index is 13.7. The Kier molecular flexibility index (Phi) is 7.67. The number of nitrogens with one attached hydrogen (secondary N) is 1. The van der Waals surface area contributed by atoms with E-state index in [1.54, 1.807) is 34.2 Å². The number of allylic oxidation sites excluding steroid dienone is 3. The van der Waals surface area contributed by atoms with Gasteiger partial charge in [-0.05, 0) is 49.1 Å². The van der Waals surface area contributed by atoms with Crippen molar-refractivity contribution in [3.63, 3.8) is 0 Å². The Morgan fingerprint density at radius 1 is 1.11 bits per heavy atom. The van der Waals surface area contributed by atoms with Crippen molar-refractivity contribution in [2.75, 3.05) is 13.1 Å². The number of carbonyl (C=O) groups is 4. The summed E-state index contributed by atoms with van der Waals surface area (Å²) < 4.78 is 0. The second-order valence-corrected chi connectivity index (χ2v) is 11.7. The highest BCUT2D eigenvalue weighted by Gasteiger charge is 2.52. The first kappa shape index (κ1) is 26.8. The van der Waals surface area contributed by atoms with Crippen molar-refractivity contribution in [2.45, 2.75) is 78.4 Å². The summed E-state index contributed by atoms with van der Waals surface area (Å²) in [5.74, 6) is -0.762. The summed E-state index contributed by atoms with van der Waals surface area (Å²) in [6.45, 7) is 10.8. The Morgan fingerprint density at radius 3 is 2.46 bits per heavy atom. The molecule has 8 heteroatoms. The van der Waals surface area contributed by atoms with Gasteiger partial charge < -0.3 is 15.1 Å². The summed E-state index contributed by atoms with van der Waals surface area (Å²) in [5, 5.41) is 2.97. The second-order valence-electron chi connectivity index (χ2n) is 11.7. The van der Waals surface area contributed by atoms with Crippen LogP contribution in [-0.4, -0.2) is 69.5 Å². The number of carbonyl (C=O) groups excluding carboxylic acids is 4. The van der Waals surface area contributed by atoms with E-state index in [9.17, 15) is 19.2 Å².